The Morgan fingerprint density at radius 2 is 1.96 bits per heavy atom. The van der Waals surface area contributed by atoms with E-state index in [4.69, 9.17) is 9.47 Å². The lowest BCUT2D eigenvalue weighted by molar-refractivity contribution is -0.0318. The fourth-order valence-corrected chi connectivity index (χ4v) is 2.62. The Hall–Kier alpha value is -0.0800. The highest BCUT2D eigenvalue weighted by molar-refractivity contribution is 14.0. The van der Waals surface area contributed by atoms with E-state index in [1.807, 2.05) is 0 Å². The minimum absolute atomic E-state index is 0. The molecule has 0 spiro atoms. The predicted octanol–water partition coefficient (Wildman–Crippen LogP) is 3.96. The molecule has 2 N–H and O–H groups in total. The van der Waals surface area contributed by atoms with Crippen molar-refractivity contribution in [2.24, 2.45) is 10.4 Å². The van der Waals surface area contributed by atoms with Crippen molar-refractivity contribution in [2.75, 3.05) is 32.9 Å². The van der Waals surface area contributed by atoms with E-state index in [1.54, 1.807) is 0 Å². The summed E-state index contributed by atoms with van der Waals surface area (Å²) >= 11 is 0. The van der Waals surface area contributed by atoms with Crippen LogP contribution in [0.3, 0.4) is 0 Å². The van der Waals surface area contributed by atoms with E-state index in [9.17, 15) is 0 Å². The summed E-state index contributed by atoms with van der Waals surface area (Å²) < 4.78 is 11.2. The van der Waals surface area contributed by atoms with Crippen molar-refractivity contribution in [3.8, 4) is 0 Å². The normalized spacial score (nSPS) is 17.7. The Morgan fingerprint density at radius 1 is 1.28 bits per heavy atom. The lowest BCUT2D eigenvalue weighted by Crippen LogP contribution is -2.42. The van der Waals surface area contributed by atoms with Crippen LogP contribution in [0.25, 0.3) is 0 Å². The maximum absolute atomic E-state index is 5.89. The van der Waals surface area contributed by atoms with Crippen LogP contribution in [0.5, 0.6) is 0 Å². The van der Waals surface area contributed by atoms with E-state index >= 15 is 0 Å². The standard InChI is InChI=1S/C19H39N3O2.HI/c1-6-20-18(22-16(2)8-11-19(3,4)5)21-12-7-13-24-17-9-14-23-15-10-17;/h16-17H,6-15H2,1-5H3,(H2,20,21,22);1H. The number of ether oxygens (including phenoxy) is 2. The van der Waals surface area contributed by atoms with Gasteiger partial charge >= 0.3 is 0 Å². The molecule has 0 saturated carbocycles. The largest absolute Gasteiger partial charge is 0.381 e. The minimum Gasteiger partial charge on any atom is -0.381 e. The highest BCUT2D eigenvalue weighted by atomic mass is 127. The smallest absolute Gasteiger partial charge is 0.191 e. The highest BCUT2D eigenvalue weighted by Gasteiger charge is 2.14. The molecule has 6 heteroatoms. The van der Waals surface area contributed by atoms with Gasteiger partial charge in [0.15, 0.2) is 5.96 Å². The summed E-state index contributed by atoms with van der Waals surface area (Å²) in [7, 11) is 0. The Kier molecular flexibility index (Phi) is 14.0. The van der Waals surface area contributed by atoms with Crippen LogP contribution < -0.4 is 10.6 Å². The van der Waals surface area contributed by atoms with Gasteiger partial charge < -0.3 is 20.1 Å². The van der Waals surface area contributed by atoms with Crippen LogP contribution in [0.1, 0.15) is 66.7 Å². The number of halogens is 1. The van der Waals surface area contributed by atoms with Crippen LogP contribution in [-0.4, -0.2) is 51.0 Å². The van der Waals surface area contributed by atoms with Gasteiger partial charge in [-0.3, -0.25) is 4.99 Å². The predicted molar refractivity (Wildman–Crippen MR) is 117 cm³/mol. The minimum atomic E-state index is 0. The van der Waals surface area contributed by atoms with E-state index in [-0.39, 0.29) is 24.0 Å². The third-order valence-electron chi connectivity index (χ3n) is 4.15. The molecule has 25 heavy (non-hydrogen) atoms. The first-order valence-corrected chi connectivity index (χ1v) is 9.65. The van der Waals surface area contributed by atoms with Crippen molar-refractivity contribution >= 4 is 29.9 Å². The zero-order valence-corrected chi connectivity index (χ0v) is 19.2. The number of nitrogens with one attached hydrogen (secondary N) is 2. The zero-order valence-electron chi connectivity index (χ0n) is 16.9. The Balaban J connectivity index is 0.00000576. The molecule has 0 amide bonds. The van der Waals surface area contributed by atoms with Gasteiger partial charge in [0.1, 0.15) is 0 Å². The average Bonchev–Trinajstić information content (AvgIpc) is 2.53. The molecule has 1 heterocycles. The number of aliphatic imine (C=N–C) groups is 1. The lowest BCUT2D eigenvalue weighted by atomic mass is 9.89. The van der Waals surface area contributed by atoms with Gasteiger partial charge in [0.2, 0.25) is 0 Å². The van der Waals surface area contributed by atoms with E-state index in [0.29, 0.717) is 17.6 Å². The number of hydrogen-bond donors (Lipinski definition) is 2. The van der Waals surface area contributed by atoms with Crippen LogP contribution in [0.2, 0.25) is 0 Å². The summed E-state index contributed by atoms with van der Waals surface area (Å²) in [6.07, 6.45) is 5.76. The molecular weight excluding hydrogens is 429 g/mol. The molecule has 1 aliphatic rings. The van der Waals surface area contributed by atoms with Gasteiger partial charge in [-0.1, -0.05) is 20.8 Å². The third kappa shape index (κ3) is 13.7. The van der Waals surface area contributed by atoms with Gasteiger partial charge in [0.05, 0.1) is 6.10 Å². The summed E-state index contributed by atoms with van der Waals surface area (Å²) in [6.45, 7) is 15.3. The second-order valence-electron chi connectivity index (χ2n) is 7.94. The molecule has 0 bridgehead atoms. The summed E-state index contributed by atoms with van der Waals surface area (Å²) in [6, 6.07) is 0.431. The summed E-state index contributed by atoms with van der Waals surface area (Å²) in [5.41, 5.74) is 0.382. The third-order valence-corrected chi connectivity index (χ3v) is 4.15. The van der Waals surface area contributed by atoms with Crippen molar-refractivity contribution in [2.45, 2.75) is 78.9 Å². The van der Waals surface area contributed by atoms with Crippen LogP contribution >= 0.6 is 24.0 Å². The molecule has 0 aromatic carbocycles. The number of rotatable bonds is 9. The molecule has 1 saturated heterocycles. The first kappa shape index (κ1) is 24.9. The van der Waals surface area contributed by atoms with Crippen molar-refractivity contribution in [3.63, 3.8) is 0 Å². The zero-order chi connectivity index (χ0) is 17.8. The van der Waals surface area contributed by atoms with Crippen LogP contribution in [-0.2, 0) is 9.47 Å². The first-order chi connectivity index (χ1) is 11.4. The second kappa shape index (κ2) is 14.0. The quantitative estimate of drug-likeness (QED) is 0.232. The highest BCUT2D eigenvalue weighted by Crippen LogP contribution is 2.21. The molecule has 1 aliphatic heterocycles. The van der Waals surface area contributed by atoms with Gasteiger partial charge in [-0.05, 0) is 51.4 Å². The van der Waals surface area contributed by atoms with Crippen LogP contribution in [0, 0.1) is 5.41 Å². The van der Waals surface area contributed by atoms with E-state index < -0.39 is 0 Å². The van der Waals surface area contributed by atoms with E-state index in [2.05, 4.69) is 50.2 Å². The molecule has 150 valence electrons. The fraction of sp³-hybridized carbons (Fsp3) is 0.947. The molecule has 1 rings (SSSR count). The van der Waals surface area contributed by atoms with Crippen LogP contribution in [0.4, 0.5) is 0 Å². The van der Waals surface area contributed by atoms with Crippen molar-refractivity contribution in [1.29, 1.82) is 0 Å². The maximum atomic E-state index is 5.89. The molecule has 0 aliphatic carbocycles. The molecule has 5 nitrogen and oxygen atoms in total. The Bertz CT molecular complexity index is 353. The van der Waals surface area contributed by atoms with Gasteiger partial charge in [0.25, 0.3) is 0 Å². The molecule has 1 fully saturated rings. The number of guanidine groups is 1. The lowest BCUT2D eigenvalue weighted by Gasteiger charge is -2.23. The molecule has 1 unspecified atom stereocenters. The molecule has 0 aromatic heterocycles. The average molecular weight is 469 g/mol. The molecule has 0 radical (unpaired) electrons. The fourth-order valence-electron chi connectivity index (χ4n) is 2.62. The maximum Gasteiger partial charge on any atom is 0.191 e. The molecular formula is C19H40IN3O2. The van der Waals surface area contributed by atoms with Gasteiger partial charge in [0, 0.05) is 39.0 Å². The van der Waals surface area contributed by atoms with Crippen molar-refractivity contribution < 1.29 is 9.47 Å². The SMILES string of the molecule is CCNC(=NCCCOC1CCOCC1)NC(C)CCC(C)(C)C.I. The number of hydrogen-bond acceptors (Lipinski definition) is 3. The first-order valence-electron chi connectivity index (χ1n) is 9.65. The topological polar surface area (TPSA) is 54.9 Å². The van der Waals surface area contributed by atoms with E-state index in [0.717, 1.165) is 64.6 Å². The van der Waals surface area contributed by atoms with Crippen molar-refractivity contribution in [3.05, 3.63) is 0 Å². The second-order valence-corrected chi connectivity index (χ2v) is 7.94. The summed E-state index contributed by atoms with van der Waals surface area (Å²) in [4.78, 5) is 4.67. The number of nitrogens with zero attached hydrogens (tertiary/aromatic N) is 1. The van der Waals surface area contributed by atoms with Gasteiger partial charge in [-0.15, -0.1) is 24.0 Å². The van der Waals surface area contributed by atoms with Crippen molar-refractivity contribution in [1.82, 2.24) is 10.6 Å². The van der Waals surface area contributed by atoms with Crippen LogP contribution in [0.15, 0.2) is 4.99 Å². The Labute approximate surface area is 172 Å². The summed E-state index contributed by atoms with van der Waals surface area (Å²) in [5.74, 6) is 0.921. The van der Waals surface area contributed by atoms with Gasteiger partial charge in [-0.2, -0.15) is 0 Å². The monoisotopic (exact) mass is 469 g/mol. The van der Waals surface area contributed by atoms with Gasteiger partial charge in [-0.25, -0.2) is 0 Å². The summed E-state index contributed by atoms with van der Waals surface area (Å²) in [5, 5.41) is 6.84. The molecule has 0 aromatic rings. The van der Waals surface area contributed by atoms with E-state index in [1.165, 1.54) is 6.42 Å². The Morgan fingerprint density at radius 3 is 2.56 bits per heavy atom. The molecule has 1 atom stereocenters.